The van der Waals surface area contributed by atoms with Crippen LogP contribution in [0.25, 0.3) is 0 Å². The van der Waals surface area contributed by atoms with Gasteiger partial charge in [0.1, 0.15) is 29.2 Å². The van der Waals surface area contributed by atoms with Gasteiger partial charge >= 0.3 is 0 Å². The monoisotopic (exact) mass is 313 g/mol. The number of carbonyl (C=O) groups excluding carboxylic acids is 1. The maximum atomic E-state index is 11.2. The zero-order valence-electron chi connectivity index (χ0n) is 14.1. The highest BCUT2D eigenvalue weighted by Gasteiger charge is 2.45. The van der Waals surface area contributed by atoms with Crippen LogP contribution in [0.4, 0.5) is 0 Å². The Morgan fingerprint density at radius 2 is 1.65 bits per heavy atom. The van der Waals surface area contributed by atoms with E-state index in [0.29, 0.717) is 0 Å². The summed E-state index contributed by atoms with van der Waals surface area (Å²) in [5.74, 6) is 1.99. The fraction of sp³-hybridized carbons (Fsp3) is 0.632. The summed E-state index contributed by atoms with van der Waals surface area (Å²) in [6.07, 6.45) is 7.93. The lowest BCUT2D eigenvalue weighted by molar-refractivity contribution is 0.247. The fourth-order valence-electron chi connectivity index (χ4n) is 4.68. The van der Waals surface area contributed by atoms with Crippen LogP contribution in [-0.2, 0) is 23.2 Å². The quantitative estimate of drug-likeness (QED) is 0.617. The highest BCUT2D eigenvalue weighted by atomic mass is 16.5. The van der Waals surface area contributed by atoms with Crippen molar-refractivity contribution in [3.05, 3.63) is 22.3 Å². The molecule has 23 heavy (non-hydrogen) atoms. The third-order valence-corrected chi connectivity index (χ3v) is 5.65. The minimum absolute atomic E-state index is 0.168. The molecule has 4 rings (SSSR count). The molecule has 0 bridgehead atoms. The van der Waals surface area contributed by atoms with E-state index < -0.39 is 5.54 Å². The van der Waals surface area contributed by atoms with Crippen molar-refractivity contribution in [2.45, 2.75) is 77.0 Å². The Morgan fingerprint density at radius 1 is 1.04 bits per heavy atom. The number of fused-ring (bicyclic) bond motifs is 2. The molecule has 0 spiro atoms. The lowest BCUT2D eigenvalue weighted by atomic mass is 9.81. The van der Waals surface area contributed by atoms with Crippen LogP contribution in [-0.4, -0.2) is 18.3 Å². The number of benzene rings is 1. The number of isocyanates is 1. The van der Waals surface area contributed by atoms with Gasteiger partial charge < -0.3 is 9.47 Å². The van der Waals surface area contributed by atoms with Gasteiger partial charge in [-0.15, -0.1) is 0 Å². The molecule has 2 heterocycles. The van der Waals surface area contributed by atoms with Gasteiger partial charge in [0.25, 0.3) is 0 Å². The van der Waals surface area contributed by atoms with Gasteiger partial charge in [0, 0.05) is 29.5 Å². The van der Waals surface area contributed by atoms with Crippen molar-refractivity contribution < 1.29 is 14.3 Å². The van der Waals surface area contributed by atoms with E-state index in [9.17, 15) is 4.79 Å². The average molecular weight is 313 g/mol. The van der Waals surface area contributed by atoms with Crippen LogP contribution < -0.4 is 9.47 Å². The van der Waals surface area contributed by atoms with Crippen LogP contribution in [0.5, 0.6) is 11.5 Å². The summed E-state index contributed by atoms with van der Waals surface area (Å²) < 4.78 is 12.3. The van der Waals surface area contributed by atoms with Crippen LogP contribution in [0.3, 0.4) is 0 Å². The zero-order chi connectivity index (χ0) is 16.2. The minimum Gasteiger partial charge on any atom is -0.490 e. The van der Waals surface area contributed by atoms with Crippen LogP contribution in [0.2, 0.25) is 0 Å². The molecular weight excluding hydrogens is 290 g/mol. The number of hydrogen-bond donors (Lipinski definition) is 0. The molecule has 0 aromatic heterocycles. The Morgan fingerprint density at radius 3 is 2.30 bits per heavy atom. The Hall–Kier alpha value is -1.80. The van der Waals surface area contributed by atoms with Crippen molar-refractivity contribution in [1.29, 1.82) is 0 Å². The van der Waals surface area contributed by atoms with Gasteiger partial charge in [-0.25, -0.2) is 4.79 Å². The van der Waals surface area contributed by atoms with Gasteiger partial charge in [-0.1, -0.05) is 12.8 Å². The number of hydrogen-bond acceptors (Lipinski definition) is 4. The second kappa shape index (κ2) is 5.10. The van der Waals surface area contributed by atoms with E-state index in [1.54, 1.807) is 0 Å². The molecule has 0 amide bonds. The zero-order valence-corrected chi connectivity index (χ0v) is 14.1. The molecule has 1 saturated carbocycles. The van der Waals surface area contributed by atoms with Crippen molar-refractivity contribution in [3.63, 3.8) is 0 Å². The van der Waals surface area contributed by atoms with E-state index in [0.717, 1.165) is 55.6 Å². The first-order valence-electron chi connectivity index (χ1n) is 8.67. The standard InChI is InChI=1S/C19H23NO3/c1-11-8-14-13(3)17-15(9-12(2)22-17)16(18(14)23-11)19(20-10-21)6-4-5-7-19/h11-12H,4-9H2,1-3H3. The molecule has 4 nitrogen and oxygen atoms in total. The average Bonchev–Trinajstić information content (AvgIpc) is 3.19. The third-order valence-electron chi connectivity index (χ3n) is 5.65. The Kier molecular flexibility index (Phi) is 3.28. The lowest BCUT2D eigenvalue weighted by Gasteiger charge is -2.28. The Labute approximate surface area is 136 Å². The van der Waals surface area contributed by atoms with Gasteiger partial charge in [-0.2, -0.15) is 4.99 Å². The molecule has 0 saturated heterocycles. The van der Waals surface area contributed by atoms with E-state index in [4.69, 9.17) is 9.47 Å². The summed E-state index contributed by atoms with van der Waals surface area (Å²) in [5.41, 5.74) is 4.33. The van der Waals surface area contributed by atoms with Crippen LogP contribution in [0, 0.1) is 6.92 Å². The number of nitrogens with zero attached hydrogens (tertiary/aromatic N) is 1. The minimum atomic E-state index is -0.457. The molecule has 122 valence electrons. The SMILES string of the molecule is Cc1c2c(c(C3(N=C=O)CCCC3)c3c1OC(C)C3)OC(C)C2. The maximum absolute atomic E-state index is 11.2. The smallest absolute Gasteiger partial charge is 0.235 e. The van der Waals surface area contributed by atoms with Crippen molar-refractivity contribution in [2.24, 2.45) is 4.99 Å². The molecule has 2 aliphatic heterocycles. The van der Waals surface area contributed by atoms with Gasteiger partial charge in [0.2, 0.25) is 6.08 Å². The van der Waals surface area contributed by atoms with E-state index in [2.05, 4.69) is 25.8 Å². The van der Waals surface area contributed by atoms with Crippen LogP contribution in [0.1, 0.15) is 61.8 Å². The predicted octanol–water partition coefficient (Wildman–Crippen LogP) is 3.75. The Balaban J connectivity index is 2.01. The fourth-order valence-corrected chi connectivity index (χ4v) is 4.68. The number of rotatable bonds is 2. The first kappa shape index (κ1) is 14.8. The van der Waals surface area contributed by atoms with Crippen LogP contribution >= 0.6 is 0 Å². The molecule has 2 unspecified atom stereocenters. The van der Waals surface area contributed by atoms with Crippen molar-refractivity contribution in [3.8, 4) is 11.5 Å². The van der Waals surface area contributed by atoms with Gasteiger partial charge in [0.05, 0.1) is 0 Å². The van der Waals surface area contributed by atoms with Crippen molar-refractivity contribution in [2.75, 3.05) is 0 Å². The molecule has 1 aromatic carbocycles. The first-order valence-corrected chi connectivity index (χ1v) is 8.67. The summed E-state index contributed by atoms with van der Waals surface area (Å²) in [6.45, 7) is 6.33. The van der Waals surface area contributed by atoms with E-state index >= 15 is 0 Å². The normalized spacial score (nSPS) is 26.9. The summed E-state index contributed by atoms with van der Waals surface area (Å²) in [4.78, 5) is 15.5. The first-order chi connectivity index (χ1) is 11.1. The second-order valence-corrected chi connectivity index (χ2v) is 7.32. The molecule has 0 radical (unpaired) electrons. The topological polar surface area (TPSA) is 47.9 Å². The molecule has 4 heteroatoms. The van der Waals surface area contributed by atoms with Gasteiger partial charge in [-0.05, 0) is 39.2 Å². The Bertz CT molecular complexity index is 673. The highest BCUT2D eigenvalue weighted by Crippen LogP contribution is 2.55. The summed E-state index contributed by atoms with van der Waals surface area (Å²) in [6, 6.07) is 0. The maximum Gasteiger partial charge on any atom is 0.235 e. The lowest BCUT2D eigenvalue weighted by Crippen LogP contribution is -2.22. The molecule has 1 aromatic rings. The summed E-state index contributed by atoms with van der Waals surface area (Å²) in [5, 5.41) is 0. The highest BCUT2D eigenvalue weighted by molar-refractivity contribution is 5.65. The summed E-state index contributed by atoms with van der Waals surface area (Å²) in [7, 11) is 0. The van der Waals surface area contributed by atoms with Crippen LogP contribution in [0.15, 0.2) is 4.99 Å². The molecule has 3 aliphatic rings. The van der Waals surface area contributed by atoms with E-state index in [1.807, 2.05) is 6.08 Å². The van der Waals surface area contributed by atoms with Crippen molar-refractivity contribution in [1.82, 2.24) is 0 Å². The molecule has 0 N–H and O–H groups in total. The van der Waals surface area contributed by atoms with Gasteiger partial charge in [-0.3, -0.25) is 0 Å². The number of ether oxygens (including phenoxy) is 2. The van der Waals surface area contributed by atoms with E-state index in [-0.39, 0.29) is 12.2 Å². The molecule has 1 fully saturated rings. The molecule has 1 aliphatic carbocycles. The number of aliphatic imine (C=N–C) groups is 1. The van der Waals surface area contributed by atoms with Gasteiger partial charge in [0.15, 0.2) is 0 Å². The molecular formula is C19H23NO3. The predicted molar refractivity (Wildman–Crippen MR) is 87.0 cm³/mol. The second-order valence-electron chi connectivity index (χ2n) is 7.32. The summed E-state index contributed by atoms with van der Waals surface area (Å²) >= 11 is 0. The van der Waals surface area contributed by atoms with Crippen molar-refractivity contribution >= 4 is 6.08 Å². The van der Waals surface area contributed by atoms with E-state index in [1.165, 1.54) is 16.7 Å². The molecule has 2 atom stereocenters. The largest absolute Gasteiger partial charge is 0.490 e. The third kappa shape index (κ3) is 2.05.